The van der Waals surface area contributed by atoms with Crippen LogP contribution in [0.3, 0.4) is 0 Å². The van der Waals surface area contributed by atoms with Crippen molar-refractivity contribution < 1.29 is 18.3 Å². The fraction of sp³-hybridized carbons (Fsp3) is 0.211. The molecule has 2 aromatic rings. The first kappa shape index (κ1) is 17.4. The molecule has 130 valence electrons. The highest BCUT2D eigenvalue weighted by molar-refractivity contribution is 6.32. The summed E-state index contributed by atoms with van der Waals surface area (Å²) in [6.07, 6.45) is 2.65. The second kappa shape index (κ2) is 7.66. The molecule has 3 nitrogen and oxygen atoms in total. The van der Waals surface area contributed by atoms with E-state index >= 15 is 0 Å². The summed E-state index contributed by atoms with van der Waals surface area (Å²) in [6.45, 7) is 0.861. The van der Waals surface area contributed by atoms with Crippen LogP contribution in [-0.2, 0) is 4.79 Å². The Bertz CT molecular complexity index is 806. The molecule has 1 aliphatic rings. The van der Waals surface area contributed by atoms with Gasteiger partial charge in [0.25, 0.3) is 5.91 Å². The summed E-state index contributed by atoms with van der Waals surface area (Å²) >= 11 is 5.87. The zero-order valence-electron chi connectivity index (χ0n) is 13.3. The molecule has 0 aromatic heterocycles. The van der Waals surface area contributed by atoms with Gasteiger partial charge in [-0.2, -0.15) is 0 Å². The fourth-order valence-electron chi connectivity index (χ4n) is 2.64. The van der Waals surface area contributed by atoms with Crippen LogP contribution in [0.5, 0.6) is 5.75 Å². The Morgan fingerprint density at radius 2 is 1.84 bits per heavy atom. The van der Waals surface area contributed by atoms with Crippen LogP contribution in [0.2, 0.25) is 5.02 Å². The molecule has 6 heteroatoms. The lowest BCUT2D eigenvalue weighted by Crippen LogP contribution is -2.37. The minimum absolute atomic E-state index is 0.130. The summed E-state index contributed by atoms with van der Waals surface area (Å²) in [4.78, 5) is 13.9. The summed E-state index contributed by atoms with van der Waals surface area (Å²) in [6, 6.07) is 10.1. The zero-order valence-corrected chi connectivity index (χ0v) is 14.1. The molecule has 1 aliphatic heterocycles. The number of hydrogen-bond acceptors (Lipinski definition) is 2. The Morgan fingerprint density at radius 3 is 2.48 bits per heavy atom. The van der Waals surface area contributed by atoms with Gasteiger partial charge in [-0.15, -0.1) is 0 Å². The minimum Gasteiger partial charge on any atom is -0.482 e. The molecule has 25 heavy (non-hydrogen) atoms. The minimum atomic E-state index is -0.460. The number of carbonyl (C=O) groups is 1. The Hall–Kier alpha value is -2.40. The van der Waals surface area contributed by atoms with Gasteiger partial charge >= 0.3 is 0 Å². The Kier molecular flexibility index (Phi) is 5.34. The molecular formula is C19H16ClF2NO2. The van der Waals surface area contributed by atoms with Crippen LogP contribution in [-0.4, -0.2) is 30.5 Å². The molecule has 0 N–H and O–H groups in total. The van der Waals surface area contributed by atoms with Crippen LogP contribution < -0.4 is 4.74 Å². The van der Waals surface area contributed by atoms with E-state index in [-0.39, 0.29) is 29.1 Å². The molecule has 3 rings (SSSR count). The Labute approximate surface area is 149 Å². The van der Waals surface area contributed by atoms with Gasteiger partial charge in [-0.05, 0) is 47.9 Å². The number of benzene rings is 2. The van der Waals surface area contributed by atoms with Crippen molar-refractivity contribution in [2.45, 2.75) is 6.42 Å². The lowest BCUT2D eigenvalue weighted by atomic mass is 9.99. The summed E-state index contributed by atoms with van der Waals surface area (Å²) in [7, 11) is 0. The van der Waals surface area contributed by atoms with E-state index in [0.717, 1.165) is 17.2 Å². The number of hydrogen-bond donors (Lipinski definition) is 0. The highest BCUT2D eigenvalue weighted by atomic mass is 35.5. The van der Waals surface area contributed by atoms with E-state index in [0.29, 0.717) is 19.5 Å². The highest BCUT2D eigenvalue weighted by Crippen LogP contribution is 2.25. The molecule has 0 unspecified atom stereocenters. The molecule has 1 heterocycles. The average molecular weight is 364 g/mol. The standard InChI is InChI=1S/C19H16ClF2NO2/c20-17-11-16(22)5-6-18(17)25-12-19(24)23-9-7-14(8-10-23)13-1-3-15(21)4-2-13/h1-7,11H,8-10,12H2. The van der Waals surface area contributed by atoms with Crippen molar-refractivity contribution in [3.63, 3.8) is 0 Å². The number of carbonyl (C=O) groups excluding carboxylic acids is 1. The predicted octanol–water partition coefficient (Wildman–Crippen LogP) is 4.31. The van der Waals surface area contributed by atoms with Gasteiger partial charge in [0.05, 0.1) is 5.02 Å². The van der Waals surface area contributed by atoms with Crippen LogP contribution in [0, 0.1) is 11.6 Å². The van der Waals surface area contributed by atoms with Crippen LogP contribution in [0.4, 0.5) is 8.78 Å². The highest BCUT2D eigenvalue weighted by Gasteiger charge is 2.19. The first-order valence-electron chi connectivity index (χ1n) is 7.83. The normalized spacial score (nSPS) is 14.2. The summed E-state index contributed by atoms with van der Waals surface area (Å²) < 4.78 is 31.4. The van der Waals surface area contributed by atoms with E-state index in [1.807, 2.05) is 6.08 Å². The molecule has 0 bridgehead atoms. The number of rotatable bonds is 4. The second-order valence-corrected chi connectivity index (χ2v) is 6.10. The van der Waals surface area contributed by atoms with Crippen LogP contribution in [0.25, 0.3) is 5.57 Å². The van der Waals surface area contributed by atoms with E-state index < -0.39 is 5.82 Å². The van der Waals surface area contributed by atoms with E-state index in [4.69, 9.17) is 16.3 Å². The lowest BCUT2D eigenvalue weighted by Gasteiger charge is -2.26. The number of nitrogens with zero attached hydrogens (tertiary/aromatic N) is 1. The first-order chi connectivity index (χ1) is 12.0. The average Bonchev–Trinajstić information content (AvgIpc) is 2.61. The summed E-state index contributed by atoms with van der Waals surface area (Å²) in [5, 5.41) is 0.130. The van der Waals surface area contributed by atoms with Gasteiger partial charge in [0.15, 0.2) is 6.61 Å². The SMILES string of the molecule is O=C(COc1ccc(F)cc1Cl)N1CC=C(c2ccc(F)cc2)CC1. The molecule has 0 spiro atoms. The van der Waals surface area contributed by atoms with Crippen LogP contribution in [0.15, 0.2) is 48.5 Å². The van der Waals surface area contributed by atoms with Crippen molar-refractivity contribution in [2.75, 3.05) is 19.7 Å². The van der Waals surface area contributed by atoms with Crippen molar-refractivity contribution >= 4 is 23.1 Å². The van der Waals surface area contributed by atoms with Crippen LogP contribution >= 0.6 is 11.6 Å². The maximum absolute atomic E-state index is 13.0. The van der Waals surface area contributed by atoms with Gasteiger partial charge < -0.3 is 9.64 Å². The zero-order chi connectivity index (χ0) is 17.8. The van der Waals surface area contributed by atoms with Gasteiger partial charge in [-0.25, -0.2) is 8.78 Å². The lowest BCUT2D eigenvalue weighted by molar-refractivity contribution is -0.132. The maximum Gasteiger partial charge on any atom is 0.260 e. The molecule has 2 aromatic carbocycles. The van der Waals surface area contributed by atoms with Gasteiger partial charge in [0, 0.05) is 13.1 Å². The van der Waals surface area contributed by atoms with E-state index in [1.165, 1.54) is 24.3 Å². The number of ether oxygens (including phenoxy) is 1. The molecule has 0 aliphatic carbocycles. The molecule has 1 amide bonds. The third-order valence-corrected chi connectivity index (χ3v) is 4.32. The van der Waals surface area contributed by atoms with Crippen molar-refractivity contribution in [1.82, 2.24) is 4.90 Å². The largest absolute Gasteiger partial charge is 0.482 e. The maximum atomic E-state index is 13.0. The Morgan fingerprint density at radius 1 is 1.12 bits per heavy atom. The quantitative estimate of drug-likeness (QED) is 0.810. The Balaban J connectivity index is 1.56. The third kappa shape index (κ3) is 4.37. The molecule has 0 saturated carbocycles. The van der Waals surface area contributed by atoms with Gasteiger partial charge in [-0.1, -0.05) is 29.8 Å². The van der Waals surface area contributed by atoms with Crippen molar-refractivity contribution in [3.05, 3.63) is 70.8 Å². The topological polar surface area (TPSA) is 29.5 Å². The van der Waals surface area contributed by atoms with Gasteiger partial charge in [-0.3, -0.25) is 4.79 Å². The van der Waals surface area contributed by atoms with Crippen molar-refractivity contribution in [2.24, 2.45) is 0 Å². The smallest absolute Gasteiger partial charge is 0.260 e. The number of amides is 1. The molecule has 0 atom stereocenters. The first-order valence-corrected chi connectivity index (χ1v) is 8.21. The number of halogens is 3. The van der Waals surface area contributed by atoms with Crippen molar-refractivity contribution in [1.29, 1.82) is 0 Å². The second-order valence-electron chi connectivity index (χ2n) is 5.69. The molecular weight excluding hydrogens is 348 g/mol. The van der Waals surface area contributed by atoms with Gasteiger partial charge in [0.1, 0.15) is 17.4 Å². The van der Waals surface area contributed by atoms with Gasteiger partial charge in [0.2, 0.25) is 0 Å². The van der Waals surface area contributed by atoms with E-state index in [1.54, 1.807) is 17.0 Å². The molecule has 0 saturated heterocycles. The monoisotopic (exact) mass is 363 g/mol. The predicted molar refractivity (Wildman–Crippen MR) is 92.5 cm³/mol. The van der Waals surface area contributed by atoms with Crippen LogP contribution in [0.1, 0.15) is 12.0 Å². The van der Waals surface area contributed by atoms with Crippen molar-refractivity contribution in [3.8, 4) is 5.75 Å². The summed E-state index contributed by atoms with van der Waals surface area (Å²) in [5.41, 5.74) is 2.05. The summed E-state index contributed by atoms with van der Waals surface area (Å²) in [5.74, 6) is -0.627. The molecule has 0 fully saturated rings. The molecule has 0 radical (unpaired) electrons. The fourth-order valence-corrected chi connectivity index (χ4v) is 2.87. The van der Waals surface area contributed by atoms with E-state index in [2.05, 4.69) is 0 Å². The van der Waals surface area contributed by atoms with E-state index in [9.17, 15) is 13.6 Å². The third-order valence-electron chi connectivity index (χ3n) is 4.02.